The van der Waals surface area contributed by atoms with E-state index in [9.17, 15) is 9.90 Å². The zero-order valence-corrected chi connectivity index (χ0v) is 15.0. The lowest BCUT2D eigenvalue weighted by Gasteiger charge is -2.10. The number of carbonyl (C=O) groups is 1. The van der Waals surface area contributed by atoms with E-state index in [1.165, 1.54) is 5.56 Å². The number of aryl methyl sites for hydroxylation is 1. The van der Waals surface area contributed by atoms with Crippen LogP contribution in [0.15, 0.2) is 53.6 Å². The molecule has 1 heterocycles. The Kier molecular flexibility index (Phi) is 5.65. The van der Waals surface area contributed by atoms with Gasteiger partial charge in [-0.15, -0.1) is 0 Å². The number of nitrogens with zero attached hydrogens (tertiary/aromatic N) is 1. The van der Waals surface area contributed by atoms with E-state index < -0.39 is 0 Å². The maximum absolute atomic E-state index is 12.4. The molecule has 0 spiro atoms. The van der Waals surface area contributed by atoms with Gasteiger partial charge in [0.1, 0.15) is 11.8 Å². The number of hydrazone groups is 1. The molecule has 3 rings (SSSR count). The molecule has 1 aliphatic rings. The van der Waals surface area contributed by atoms with E-state index in [1.54, 1.807) is 25.1 Å². The van der Waals surface area contributed by atoms with Crippen molar-refractivity contribution in [2.45, 2.75) is 38.8 Å². The van der Waals surface area contributed by atoms with Gasteiger partial charge in [-0.3, -0.25) is 4.79 Å². The van der Waals surface area contributed by atoms with Gasteiger partial charge >= 0.3 is 0 Å². The summed E-state index contributed by atoms with van der Waals surface area (Å²) in [6.07, 6.45) is 1.65. The third-order valence-electron chi connectivity index (χ3n) is 4.64. The number of phenols is 1. The van der Waals surface area contributed by atoms with E-state index in [0.717, 1.165) is 12.0 Å². The molecule has 0 bridgehead atoms. The minimum Gasteiger partial charge on any atom is -0.507 e. The molecule has 6 nitrogen and oxygen atoms in total. The first-order valence-electron chi connectivity index (χ1n) is 8.81. The summed E-state index contributed by atoms with van der Waals surface area (Å²) >= 11 is 0. The van der Waals surface area contributed by atoms with Gasteiger partial charge in [0, 0.05) is 11.6 Å². The lowest BCUT2D eigenvalue weighted by atomic mass is 10.00. The summed E-state index contributed by atoms with van der Waals surface area (Å²) in [6, 6.07) is 15.0. The molecular weight excluding hydrogens is 328 g/mol. The Balaban J connectivity index is 1.59. The lowest BCUT2D eigenvalue weighted by molar-refractivity contribution is -0.122. The average Bonchev–Trinajstić information content (AvgIpc) is 3.16. The fraction of sp³-hybridized carbons (Fsp3) is 0.300. The zero-order valence-electron chi connectivity index (χ0n) is 15.0. The van der Waals surface area contributed by atoms with E-state index in [0.29, 0.717) is 17.7 Å². The van der Waals surface area contributed by atoms with Crippen LogP contribution in [0, 0.1) is 0 Å². The van der Waals surface area contributed by atoms with Gasteiger partial charge in [0.2, 0.25) is 0 Å². The van der Waals surface area contributed by atoms with Gasteiger partial charge in [-0.25, -0.2) is 16.3 Å². The first-order chi connectivity index (χ1) is 12.6. The van der Waals surface area contributed by atoms with Crippen molar-refractivity contribution in [3.05, 3.63) is 65.2 Å². The van der Waals surface area contributed by atoms with Gasteiger partial charge in [-0.1, -0.05) is 43.3 Å². The van der Waals surface area contributed by atoms with E-state index in [4.69, 9.17) is 0 Å². The zero-order chi connectivity index (χ0) is 18.5. The van der Waals surface area contributed by atoms with Crippen molar-refractivity contribution in [2.24, 2.45) is 5.10 Å². The molecule has 2 aromatic rings. The largest absolute Gasteiger partial charge is 0.507 e. The van der Waals surface area contributed by atoms with Gasteiger partial charge in [0.05, 0.1) is 5.71 Å². The van der Waals surface area contributed by atoms with Crippen LogP contribution < -0.4 is 16.3 Å². The molecule has 1 aliphatic heterocycles. The smallest absolute Gasteiger partial charge is 0.258 e. The molecule has 0 aromatic heterocycles. The quantitative estimate of drug-likeness (QED) is 0.492. The normalized spacial score (nSPS) is 20.2. The van der Waals surface area contributed by atoms with Crippen molar-refractivity contribution in [1.29, 1.82) is 0 Å². The summed E-state index contributed by atoms with van der Waals surface area (Å²) in [5.41, 5.74) is 12.4. The second-order valence-electron chi connectivity index (χ2n) is 6.42. The molecule has 1 amide bonds. The SMILES string of the molecule is CCc1ccc(C2CC(C(=O)N/N=C(\C)c3ccccc3O)NN2)cc1. The number of amides is 1. The highest BCUT2D eigenvalue weighted by molar-refractivity contribution is 6.01. The molecule has 4 N–H and O–H groups in total. The molecule has 1 saturated heterocycles. The summed E-state index contributed by atoms with van der Waals surface area (Å²) in [6.45, 7) is 3.87. The lowest BCUT2D eigenvalue weighted by Crippen LogP contribution is -2.41. The Morgan fingerprint density at radius 2 is 1.92 bits per heavy atom. The summed E-state index contributed by atoms with van der Waals surface area (Å²) in [5, 5.41) is 13.9. The van der Waals surface area contributed by atoms with Crippen molar-refractivity contribution in [3.8, 4) is 5.75 Å². The molecule has 6 heteroatoms. The minimum absolute atomic E-state index is 0.0832. The number of hydrazine groups is 1. The average molecular weight is 352 g/mol. The van der Waals surface area contributed by atoms with E-state index in [1.807, 2.05) is 6.07 Å². The number of hydrogen-bond acceptors (Lipinski definition) is 5. The van der Waals surface area contributed by atoms with Gasteiger partial charge < -0.3 is 5.11 Å². The fourth-order valence-corrected chi connectivity index (χ4v) is 2.99. The van der Waals surface area contributed by atoms with Crippen LogP contribution in [-0.2, 0) is 11.2 Å². The number of phenolic OH excluding ortho intramolecular Hbond substituents is 1. The van der Waals surface area contributed by atoms with Gasteiger partial charge in [0.15, 0.2) is 0 Å². The highest BCUT2D eigenvalue weighted by Crippen LogP contribution is 2.23. The predicted octanol–water partition coefficient (Wildman–Crippen LogP) is 2.40. The molecular formula is C20H24N4O2. The summed E-state index contributed by atoms with van der Waals surface area (Å²) in [5.74, 6) is -0.0702. The number of nitrogens with one attached hydrogen (secondary N) is 3. The molecule has 0 saturated carbocycles. The molecule has 136 valence electrons. The van der Waals surface area contributed by atoms with Crippen LogP contribution in [-0.4, -0.2) is 22.8 Å². The van der Waals surface area contributed by atoms with Crippen LogP contribution in [0.1, 0.15) is 43.0 Å². The molecule has 2 atom stereocenters. The molecule has 0 aliphatic carbocycles. The Bertz CT molecular complexity index is 802. The van der Waals surface area contributed by atoms with Crippen molar-refractivity contribution >= 4 is 11.6 Å². The fourth-order valence-electron chi connectivity index (χ4n) is 2.99. The third kappa shape index (κ3) is 4.09. The second-order valence-corrected chi connectivity index (χ2v) is 6.42. The number of benzene rings is 2. The monoisotopic (exact) mass is 352 g/mol. The molecule has 26 heavy (non-hydrogen) atoms. The van der Waals surface area contributed by atoms with Crippen molar-refractivity contribution in [1.82, 2.24) is 16.3 Å². The number of rotatable bonds is 5. The molecule has 2 unspecified atom stereocenters. The molecule has 1 fully saturated rings. The van der Waals surface area contributed by atoms with Crippen molar-refractivity contribution in [2.75, 3.05) is 0 Å². The minimum atomic E-state index is -0.369. The maximum atomic E-state index is 12.4. The summed E-state index contributed by atoms with van der Waals surface area (Å²) < 4.78 is 0. The number of para-hydroxylation sites is 1. The maximum Gasteiger partial charge on any atom is 0.258 e. The topological polar surface area (TPSA) is 85.8 Å². The van der Waals surface area contributed by atoms with Gasteiger partial charge in [-0.2, -0.15) is 5.10 Å². The van der Waals surface area contributed by atoms with Gasteiger partial charge in [0.25, 0.3) is 5.91 Å². The standard InChI is InChI=1S/C20H24N4O2/c1-3-14-8-10-15(11-9-14)17-12-18(23-22-17)20(26)24-21-13(2)16-6-4-5-7-19(16)25/h4-11,17-18,22-23,25H,3,12H2,1-2H3,(H,24,26)/b21-13+. The third-order valence-corrected chi connectivity index (χ3v) is 4.64. The van der Waals surface area contributed by atoms with Crippen molar-refractivity contribution in [3.63, 3.8) is 0 Å². The predicted molar refractivity (Wildman–Crippen MR) is 102 cm³/mol. The van der Waals surface area contributed by atoms with Crippen LogP contribution >= 0.6 is 0 Å². The Hall–Kier alpha value is -2.70. The van der Waals surface area contributed by atoms with Crippen LogP contribution in [0.2, 0.25) is 0 Å². The second kappa shape index (κ2) is 8.12. The van der Waals surface area contributed by atoms with Crippen LogP contribution in [0.3, 0.4) is 0 Å². The van der Waals surface area contributed by atoms with Crippen LogP contribution in [0.5, 0.6) is 5.75 Å². The first kappa shape index (κ1) is 18.1. The van der Waals surface area contributed by atoms with E-state index in [2.05, 4.69) is 52.6 Å². The Morgan fingerprint density at radius 3 is 2.62 bits per heavy atom. The Morgan fingerprint density at radius 1 is 1.19 bits per heavy atom. The van der Waals surface area contributed by atoms with Crippen LogP contribution in [0.4, 0.5) is 0 Å². The Labute approximate surface area is 153 Å². The number of carbonyl (C=O) groups excluding carboxylic acids is 1. The highest BCUT2D eigenvalue weighted by atomic mass is 16.3. The summed E-state index contributed by atoms with van der Waals surface area (Å²) in [7, 11) is 0. The van der Waals surface area contributed by atoms with Crippen LogP contribution in [0.25, 0.3) is 0 Å². The van der Waals surface area contributed by atoms with Crippen molar-refractivity contribution < 1.29 is 9.90 Å². The number of aromatic hydroxyl groups is 1. The first-order valence-corrected chi connectivity index (χ1v) is 8.81. The van der Waals surface area contributed by atoms with E-state index >= 15 is 0 Å². The molecule has 2 aromatic carbocycles. The highest BCUT2D eigenvalue weighted by Gasteiger charge is 2.30. The summed E-state index contributed by atoms with van der Waals surface area (Å²) in [4.78, 5) is 12.4. The molecule has 0 radical (unpaired) electrons. The van der Waals surface area contributed by atoms with E-state index in [-0.39, 0.29) is 23.7 Å². The van der Waals surface area contributed by atoms with Gasteiger partial charge in [-0.05, 0) is 43.0 Å². The number of hydrogen-bond donors (Lipinski definition) is 4.